The summed E-state index contributed by atoms with van der Waals surface area (Å²) >= 11 is 0. The fraction of sp³-hybridized carbons (Fsp3) is 0.600. The molecule has 1 aliphatic heterocycles. The number of aromatic carboxylic acids is 1. The van der Waals surface area contributed by atoms with Gasteiger partial charge in [0.1, 0.15) is 6.04 Å². The Morgan fingerprint density at radius 2 is 2.22 bits per heavy atom. The van der Waals surface area contributed by atoms with Gasteiger partial charge in [0.05, 0.1) is 12.5 Å². The number of carbonyl (C=O) groups excluding carboxylic acids is 2. The molecular weight excluding hydrogens is 302 g/mol. The predicted octanol–water partition coefficient (Wildman–Crippen LogP) is 0.944. The molecule has 8 heteroatoms. The van der Waals surface area contributed by atoms with E-state index in [2.05, 4.69) is 5.10 Å². The number of carboxylic acids is 1. The second-order valence-corrected chi connectivity index (χ2v) is 5.54. The first-order valence-corrected chi connectivity index (χ1v) is 7.68. The number of rotatable bonds is 5. The van der Waals surface area contributed by atoms with E-state index in [1.54, 1.807) is 18.7 Å². The minimum atomic E-state index is -1.14. The molecule has 1 N–H and O–H groups in total. The van der Waals surface area contributed by atoms with Gasteiger partial charge in [0.25, 0.3) is 0 Å². The summed E-state index contributed by atoms with van der Waals surface area (Å²) in [7, 11) is 0. The highest BCUT2D eigenvalue weighted by Gasteiger charge is 2.32. The Labute approximate surface area is 134 Å². The average Bonchev–Trinajstić information content (AvgIpc) is 3.04. The number of aromatic nitrogens is 2. The summed E-state index contributed by atoms with van der Waals surface area (Å²) in [5.74, 6) is -1.89. The zero-order valence-electron chi connectivity index (χ0n) is 13.3. The number of esters is 1. The predicted molar refractivity (Wildman–Crippen MR) is 79.8 cm³/mol. The smallest absolute Gasteiger partial charge is 0.356 e. The molecule has 1 amide bonds. The molecule has 0 aliphatic carbocycles. The summed E-state index contributed by atoms with van der Waals surface area (Å²) in [6.07, 6.45) is 2.92. The van der Waals surface area contributed by atoms with Crippen molar-refractivity contribution in [2.24, 2.45) is 5.92 Å². The first-order valence-electron chi connectivity index (χ1n) is 7.68. The maximum absolute atomic E-state index is 12.6. The van der Waals surface area contributed by atoms with Crippen LogP contribution in [-0.2, 0) is 14.3 Å². The zero-order valence-corrected chi connectivity index (χ0v) is 13.3. The molecule has 126 valence electrons. The third-order valence-corrected chi connectivity index (χ3v) is 3.93. The first-order chi connectivity index (χ1) is 10.9. The SMILES string of the molecule is CCOC(=O)C1CCCN(C(=O)C(C)n2ccc(C(=O)O)n2)C1. The van der Waals surface area contributed by atoms with Gasteiger partial charge >= 0.3 is 11.9 Å². The maximum Gasteiger partial charge on any atom is 0.356 e. The van der Waals surface area contributed by atoms with Crippen LogP contribution in [-0.4, -0.2) is 57.3 Å². The highest BCUT2D eigenvalue weighted by molar-refractivity contribution is 5.85. The molecule has 0 saturated carbocycles. The lowest BCUT2D eigenvalue weighted by atomic mass is 9.97. The molecule has 0 spiro atoms. The van der Waals surface area contributed by atoms with E-state index in [-0.39, 0.29) is 23.5 Å². The largest absolute Gasteiger partial charge is 0.476 e. The van der Waals surface area contributed by atoms with Crippen molar-refractivity contribution in [3.63, 3.8) is 0 Å². The molecule has 1 fully saturated rings. The van der Waals surface area contributed by atoms with Gasteiger partial charge in [-0.25, -0.2) is 4.79 Å². The van der Waals surface area contributed by atoms with Crippen molar-refractivity contribution in [3.8, 4) is 0 Å². The number of likely N-dealkylation sites (tertiary alicyclic amines) is 1. The van der Waals surface area contributed by atoms with Crippen LogP contribution >= 0.6 is 0 Å². The summed E-state index contributed by atoms with van der Waals surface area (Å²) in [5.41, 5.74) is -0.104. The molecule has 1 aromatic heterocycles. The van der Waals surface area contributed by atoms with E-state index in [9.17, 15) is 14.4 Å². The fourth-order valence-corrected chi connectivity index (χ4v) is 2.67. The molecular formula is C15H21N3O5. The second kappa shape index (κ2) is 7.26. The number of nitrogens with zero attached hydrogens (tertiary/aromatic N) is 3. The molecule has 2 rings (SSSR count). The van der Waals surface area contributed by atoms with Gasteiger partial charge in [-0.05, 0) is 32.8 Å². The summed E-state index contributed by atoms with van der Waals surface area (Å²) < 4.78 is 6.36. The van der Waals surface area contributed by atoms with E-state index in [0.29, 0.717) is 26.1 Å². The van der Waals surface area contributed by atoms with E-state index in [0.717, 1.165) is 6.42 Å². The third-order valence-electron chi connectivity index (χ3n) is 3.93. The summed E-state index contributed by atoms with van der Waals surface area (Å²) in [5, 5.41) is 12.8. The van der Waals surface area contributed by atoms with Gasteiger partial charge < -0.3 is 14.7 Å². The molecule has 0 radical (unpaired) electrons. The number of carboxylic acid groups (broad SMARTS) is 1. The van der Waals surface area contributed by atoms with Crippen molar-refractivity contribution in [2.45, 2.75) is 32.7 Å². The number of ether oxygens (including phenoxy) is 1. The fourth-order valence-electron chi connectivity index (χ4n) is 2.67. The second-order valence-electron chi connectivity index (χ2n) is 5.54. The van der Waals surface area contributed by atoms with Crippen LogP contribution in [0.3, 0.4) is 0 Å². The van der Waals surface area contributed by atoms with Gasteiger partial charge in [-0.15, -0.1) is 0 Å². The number of carbonyl (C=O) groups is 3. The zero-order chi connectivity index (χ0) is 17.0. The van der Waals surface area contributed by atoms with Gasteiger partial charge in [0, 0.05) is 19.3 Å². The van der Waals surface area contributed by atoms with Crippen molar-refractivity contribution in [3.05, 3.63) is 18.0 Å². The van der Waals surface area contributed by atoms with Crippen molar-refractivity contribution in [2.75, 3.05) is 19.7 Å². The Kier molecular flexibility index (Phi) is 5.36. The number of hydrogen-bond acceptors (Lipinski definition) is 5. The van der Waals surface area contributed by atoms with E-state index in [1.807, 2.05) is 0 Å². The average molecular weight is 323 g/mol. The number of piperidine rings is 1. The van der Waals surface area contributed by atoms with E-state index < -0.39 is 12.0 Å². The topological polar surface area (TPSA) is 102 Å². The first kappa shape index (κ1) is 17.0. The van der Waals surface area contributed by atoms with Gasteiger partial charge in [0.2, 0.25) is 5.91 Å². The normalized spacial score (nSPS) is 19.2. The molecule has 23 heavy (non-hydrogen) atoms. The third kappa shape index (κ3) is 3.88. The molecule has 8 nitrogen and oxygen atoms in total. The van der Waals surface area contributed by atoms with Gasteiger partial charge in [-0.1, -0.05) is 0 Å². The van der Waals surface area contributed by atoms with Gasteiger partial charge in [-0.3, -0.25) is 14.3 Å². The van der Waals surface area contributed by atoms with Crippen LogP contribution in [0.5, 0.6) is 0 Å². The molecule has 1 saturated heterocycles. The molecule has 2 unspecified atom stereocenters. The summed E-state index contributed by atoms with van der Waals surface area (Å²) in [6, 6.07) is 0.730. The molecule has 2 atom stereocenters. The molecule has 0 bridgehead atoms. The standard InChI is InChI=1S/C15H21N3O5/c1-3-23-15(22)11-5-4-7-17(9-11)13(19)10(2)18-8-6-12(16-18)14(20)21/h6,8,10-11H,3-5,7,9H2,1-2H3,(H,20,21). The maximum atomic E-state index is 12.6. The summed E-state index contributed by atoms with van der Waals surface area (Å²) in [6.45, 7) is 4.64. The van der Waals surface area contributed by atoms with Gasteiger partial charge in [-0.2, -0.15) is 5.10 Å². The summed E-state index contributed by atoms with van der Waals surface area (Å²) in [4.78, 5) is 36.9. The van der Waals surface area contributed by atoms with Crippen LogP contribution < -0.4 is 0 Å². The molecule has 1 aliphatic rings. The van der Waals surface area contributed by atoms with E-state index >= 15 is 0 Å². The van der Waals surface area contributed by atoms with Crippen molar-refractivity contribution in [1.29, 1.82) is 0 Å². The Hall–Kier alpha value is -2.38. The molecule has 1 aromatic rings. The van der Waals surface area contributed by atoms with Crippen LogP contribution in [0.1, 0.15) is 43.2 Å². The van der Waals surface area contributed by atoms with Crippen molar-refractivity contribution < 1.29 is 24.2 Å². The number of hydrogen-bond donors (Lipinski definition) is 1. The van der Waals surface area contributed by atoms with Crippen LogP contribution in [0.25, 0.3) is 0 Å². The number of amides is 1. The Morgan fingerprint density at radius 1 is 1.48 bits per heavy atom. The van der Waals surface area contributed by atoms with Gasteiger partial charge in [0.15, 0.2) is 5.69 Å². The Bertz CT molecular complexity index is 598. The molecule has 2 heterocycles. The Morgan fingerprint density at radius 3 is 2.83 bits per heavy atom. The minimum Gasteiger partial charge on any atom is -0.476 e. The lowest BCUT2D eigenvalue weighted by Gasteiger charge is -2.33. The van der Waals surface area contributed by atoms with Crippen LogP contribution in [0, 0.1) is 5.92 Å². The van der Waals surface area contributed by atoms with Crippen molar-refractivity contribution >= 4 is 17.8 Å². The quantitative estimate of drug-likeness (QED) is 0.809. The van der Waals surface area contributed by atoms with Crippen LogP contribution in [0.4, 0.5) is 0 Å². The van der Waals surface area contributed by atoms with E-state index in [1.165, 1.54) is 16.9 Å². The van der Waals surface area contributed by atoms with Crippen LogP contribution in [0.15, 0.2) is 12.3 Å². The lowest BCUT2D eigenvalue weighted by Crippen LogP contribution is -2.45. The molecule has 0 aromatic carbocycles. The Balaban J connectivity index is 2.03. The lowest BCUT2D eigenvalue weighted by molar-refractivity contribution is -0.151. The minimum absolute atomic E-state index is 0.104. The highest BCUT2D eigenvalue weighted by Crippen LogP contribution is 2.21. The van der Waals surface area contributed by atoms with Crippen molar-refractivity contribution in [1.82, 2.24) is 14.7 Å². The monoisotopic (exact) mass is 323 g/mol. The highest BCUT2D eigenvalue weighted by atomic mass is 16.5. The van der Waals surface area contributed by atoms with Crippen LogP contribution in [0.2, 0.25) is 0 Å². The van der Waals surface area contributed by atoms with E-state index in [4.69, 9.17) is 9.84 Å².